The van der Waals surface area contributed by atoms with Crippen LogP contribution >= 0.6 is 15.9 Å². The molecule has 0 saturated heterocycles. The lowest BCUT2D eigenvalue weighted by Gasteiger charge is -2.14. The summed E-state index contributed by atoms with van der Waals surface area (Å²) in [6.07, 6.45) is 0. The molecular formula is C17H20BrNO2. The molecule has 21 heavy (non-hydrogen) atoms. The molecule has 0 fully saturated rings. The van der Waals surface area contributed by atoms with Crippen molar-refractivity contribution in [2.45, 2.75) is 19.6 Å². The summed E-state index contributed by atoms with van der Waals surface area (Å²) in [5, 5.41) is 3.23. The van der Waals surface area contributed by atoms with Crippen LogP contribution in [-0.4, -0.2) is 14.2 Å². The minimum absolute atomic E-state index is 0.298. The van der Waals surface area contributed by atoms with Gasteiger partial charge in [0.05, 0.1) is 7.11 Å². The number of benzene rings is 2. The maximum absolute atomic E-state index is 5.83. The van der Waals surface area contributed by atoms with E-state index in [0.717, 1.165) is 21.5 Å². The number of nitrogens with one attached hydrogen (secondary N) is 1. The Hall–Kier alpha value is -1.52. The molecule has 0 saturated carbocycles. The molecule has 1 unspecified atom stereocenters. The first-order valence-electron chi connectivity index (χ1n) is 6.86. The van der Waals surface area contributed by atoms with Gasteiger partial charge in [0.25, 0.3) is 0 Å². The van der Waals surface area contributed by atoms with Crippen LogP contribution in [0.2, 0.25) is 0 Å². The summed E-state index contributed by atoms with van der Waals surface area (Å²) < 4.78 is 12.1. The summed E-state index contributed by atoms with van der Waals surface area (Å²) in [7, 11) is 3.61. The van der Waals surface area contributed by atoms with Crippen molar-refractivity contribution >= 4 is 15.9 Å². The Morgan fingerprint density at radius 1 is 1.14 bits per heavy atom. The molecule has 0 heterocycles. The van der Waals surface area contributed by atoms with Gasteiger partial charge in [-0.1, -0.05) is 34.1 Å². The Kier molecular flexibility index (Phi) is 5.65. The van der Waals surface area contributed by atoms with Crippen molar-refractivity contribution in [3.05, 3.63) is 58.1 Å². The fourth-order valence-electron chi connectivity index (χ4n) is 2.03. The number of halogens is 1. The molecule has 0 radical (unpaired) electrons. The van der Waals surface area contributed by atoms with Gasteiger partial charge in [0.2, 0.25) is 0 Å². The minimum atomic E-state index is 0.298. The number of ether oxygens (including phenoxy) is 2. The monoisotopic (exact) mass is 349 g/mol. The van der Waals surface area contributed by atoms with Crippen LogP contribution < -0.4 is 14.8 Å². The third-order valence-corrected chi connectivity index (χ3v) is 4.10. The van der Waals surface area contributed by atoms with Crippen LogP contribution in [0.1, 0.15) is 24.1 Å². The van der Waals surface area contributed by atoms with Crippen LogP contribution in [-0.2, 0) is 6.61 Å². The molecule has 0 aliphatic rings. The van der Waals surface area contributed by atoms with E-state index in [1.165, 1.54) is 5.56 Å². The van der Waals surface area contributed by atoms with Gasteiger partial charge in [-0.3, -0.25) is 0 Å². The Balaban J connectivity index is 2.05. The van der Waals surface area contributed by atoms with E-state index in [-0.39, 0.29) is 0 Å². The highest BCUT2D eigenvalue weighted by Crippen LogP contribution is 2.28. The average Bonchev–Trinajstić information content (AvgIpc) is 2.52. The van der Waals surface area contributed by atoms with E-state index < -0.39 is 0 Å². The molecule has 4 heteroatoms. The SMILES string of the molecule is CNC(C)c1ccc(OCc2cccc(OC)c2)cc1Br. The second-order valence-corrected chi connectivity index (χ2v) is 5.69. The third-order valence-electron chi connectivity index (χ3n) is 3.41. The molecule has 2 aromatic rings. The Bertz CT molecular complexity index is 601. The minimum Gasteiger partial charge on any atom is -0.497 e. The Labute approximate surface area is 134 Å². The first-order chi connectivity index (χ1) is 10.1. The highest BCUT2D eigenvalue weighted by Gasteiger charge is 2.08. The molecule has 2 aromatic carbocycles. The standard InChI is InChI=1S/C17H20BrNO2/c1-12(19-2)16-8-7-15(10-17(16)18)21-11-13-5-4-6-14(9-13)20-3/h4-10,12,19H,11H2,1-3H3. The summed E-state index contributed by atoms with van der Waals surface area (Å²) in [6, 6.07) is 14.3. The van der Waals surface area contributed by atoms with E-state index >= 15 is 0 Å². The summed E-state index contributed by atoms with van der Waals surface area (Å²) >= 11 is 3.60. The van der Waals surface area contributed by atoms with Crippen molar-refractivity contribution in [3.8, 4) is 11.5 Å². The zero-order valence-electron chi connectivity index (χ0n) is 12.5. The van der Waals surface area contributed by atoms with Crippen LogP contribution in [0.5, 0.6) is 11.5 Å². The molecule has 2 rings (SSSR count). The van der Waals surface area contributed by atoms with Crippen molar-refractivity contribution in [2.75, 3.05) is 14.2 Å². The summed E-state index contributed by atoms with van der Waals surface area (Å²) in [6.45, 7) is 2.64. The number of rotatable bonds is 6. The van der Waals surface area contributed by atoms with Crippen LogP contribution in [0, 0.1) is 0 Å². The fourth-order valence-corrected chi connectivity index (χ4v) is 2.73. The average molecular weight is 350 g/mol. The largest absolute Gasteiger partial charge is 0.497 e. The molecular weight excluding hydrogens is 330 g/mol. The zero-order chi connectivity index (χ0) is 15.2. The molecule has 3 nitrogen and oxygen atoms in total. The van der Waals surface area contributed by atoms with Crippen molar-refractivity contribution < 1.29 is 9.47 Å². The normalized spacial score (nSPS) is 12.0. The van der Waals surface area contributed by atoms with Crippen LogP contribution in [0.4, 0.5) is 0 Å². The van der Waals surface area contributed by atoms with Gasteiger partial charge < -0.3 is 14.8 Å². The summed E-state index contributed by atoms with van der Waals surface area (Å²) in [5.41, 5.74) is 2.30. The van der Waals surface area contributed by atoms with Crippen LogP contribution in [0.15, 0.2) is 46.9 Å². The smallest absolute Gasteiger partial charge is 0.120 e. The van der Waals surface area contributed by atoms with Crippen molar-refractivity contribution in [2.24, 2.45) is 0 Å². The Morgan fingerprint density at radius 2 is 1.95 bits per heavy atom. The van der Waals surface area contributed by atoms with E-state index in [4.69, 9.17) is 9.47 Å². The second kappa shape index (κ2) is 7.48. The van der Waals surface area contributed by atoms with Gasteiger partial charge in [0.1, 0.15) is 18.1 Å². The van der Waals surface area contributed by atoms with Gasteiger partial charge >= 0.3 is 0 Å². The number of hydrogen-bond acceptors (Lipinski definition) is 3. The van der Waals surface area contributed by atoms with E-state index in [9.17, 15) is 0 Å². The van der Waals surface area contributed by atoms with E-state index in [1.807, 2.05) is 43.4 Å². The Morgan fingerprint density at radius 3 is 2.62 bits per heavy atom. The summed E-state index contributed by atoms with van der Waals surface area (Å²) in [5.74, 6) is 1.69. The maximum Gasteiger partial charge on any atom is 0.120 e. The first kappa shape index (κ1) is 15.9. The molecule has 1 atom stereocenters. The van der Waals surface area contributed by atoms with E-state index in [1.54, 1.807) is 7.11 Å². The predicted molar refractivity (Wildman–Crippen MR) is 88.9 cm³/mol. The quantitative estimate of drug-likeness (QED) is 0.842. The van der Waals surface area contributed by atoms with Crippen molar-refractivity contribution in [3.63, 3.8) is 0 Å². The molecule has 0 aliphatic carbocycles. The lowest BCUT2D eigenvalue weighted by atomic mass is 10.1. The highest BCUT2D eigenvalue weighted by molar-refractivity contribution is 9.10. The van der Waals surface area contributed by atoms with Crippen molar-refractivity contribution in [1.29, 1.82) is 0 Å². The highest BCUT2D eigenvalue weighted by atomic mass is 79.9. The van der Waals surface area contributed by atoms with Gasteiger partial charge in [-0.25, -0.2) is 0 Å². The molecule has 0 aliphatic heterocycles. The van der Waals surface area contributed by atoms with Crippen LogP contribution in [0.3, 0.4) is 0 Å². The molecule has 0 aromatic heterocycles. The fraction of sp³-hybridized carbons (Fsp3) is 0.294. The summed E-state index contributed by atoms with van der Waals surface area (Å²) in [4.78, 5) is 0. The van der Waals surface area contributed by atoms with E-state index in [0.29, 0.717) is 12.6 Å². The lowest BCUT2D eigenvalue weighted by Crippen LogP contribution is -2.12. The molecule has 112 valence electrons. The number of methoxy groups -OCH3 is 1. The molecule has 0 spiro atoms. The van der Waals surface area contributed by atoms with Gasteiger partial charge in [-0.05, 0) is 49.4 Å². The first-order valence-corrected chi connectivity index (χ1v) is 7.65. The van der Waals surface area contributed by atoms with Gasteiger partial charge in [-0.2, -0.15) is 0 Å². The number of hydrogen-bond donors (Lipinski definition) is 1. The van der Waals surface area contributed by atoms with Gasteiger partial charge in [-0.15, -0.1) is 0 Å². The molecule has 0 bridgehead atoms. The lowest BCUT2D eigenvalue weighted by molar-refractivity contribution is 0.305. The third kappa shape index (κ3) is 4.22. The topological polar surface area (TPSA) is 30.5 Å². The maximum atomic E-state index is 5.83. The van der Waals surface area contributed by atoms with Gasteiger partial charge in [0.15, 0.2) is 0 Å². The molecule has 1 N–H and O–H groups in total. The predicted octanol–water partition coefficient (Wildman–Crippen LogP) is 4.32. The van der Waals surface area contributed by atoms with Crippen LogP contribution in [0.25, 0.3) is 0 Å². The molecule has 0 amide bonds. The second-order valence-electron chi connectivity index (χ2n) is 4.83. The van der Waals surface area contributed by atoms with Crippen molar-refractivity contribution in [1.82, 2.24) is 5.32 Å². The zero-order valence-corrected chi connectivity index (χ0v) is 14.1. The van der Waals surface area contributed by atoms with E-state index in [2.05, 4.69) is 34.2 Å². The van der Waals surface area contributed by atoms with Gasteiger partial charge in [0, 0.05) is 10.5 Å².